The molecule has 3 heterocycles. The highest BCUT2D eigenvalue weighted by atomic mass is 16.3. The SMILES string of the molecule is c1ccc(-n2c3ccccc3c3c(-c4c5ccccc5c(-c5ccc6c(c5)oc5ccc7oc8ccccc8c7c56)c5ccccc45)cccc32)cc1. The third-order valence-corrected chi connectivity index (χ3v) is 11.2. The fourth-order valence-corrected chi connectivity index (χ4v) is 9.05. The minimum Gasteiger partial charge on any atom is -0.456 e. The Morgan fingerprint density at radius 2 is 0.868 bits per heavy atom. The molecular weight excluding hydrogens is 647 g/mol. The summed E-state index contributed by atoms with van der Waals surface area (Å²) in [5, 5.41) is 11.8. The van der Waals surface area contributed by atoms with E-state index in [1.165, 1.54) is 60.0 Å². The first-order valence-electron chi connectivity index (χ1n) is 18.1. The number of para-hydroxylation sites is 3. The van der Waals surface area contributed by atoms with Gasteiger partial charge in [0.2, 0.25) is 0 Å². The van der Waals surface area contributed by atoms with E-state index in [0.717, 1.165) is 55.1 Å². The van der Waals surface area contributed by atoms with Gasteiger partial charge in [0, 0.05) is 38.0 Å². The van der Waals surface area contributed by atoms with Crippen molar-refractivity contribution in [1.29, 1.82) is 0 Å². The molecule has 0 aliphatic rings. The van der Waals surface area contributed by atoms with Crippen molar-refractivity contribution in [2.45, 2.75) is 0 Å². The molecule has 3 heteroatoms. The second-order valence-corrected chi connectivity index (χ2v) is 14.0. The van der Waals surface area contributed by atoms with Crippen LogP contribution in [0.25, 0.3) is 115 Å². The van der Waals surface area contributed by atoms with Crippen LogP contribution in [0.1, 0.15) is 0 Å². The molecular formula is C50H29NO2. The number of nitrogens with zero attached hydrogens (tertiary/aromatic N) is 1. The Hall–Kier alpha value is -7.10. The Morgan fingerprint density at radius 1 is 0.321 bits per heavy atom. The summed E-state index contributed by atoms with van der Waals surface area (Å²) in [6, 6.07) is 63.1. The third kappa shape index (κ3) is 3.94. The highest BCUT2D eigenvalue weighted by Crippen LogP contribution is 2.48. The van der Waals surface area contributed by atoms with E-state index in [-0.39, 0.29) is 0 Å². The van der Waals surface area contributed by atoms with Gasteiger partial charge in [-0.3, -0.25) is 0 Å². The van der Waals surface area contributed by atoms with E-state index in [2.05, 4.69) is 156 Å². The molecule has 9 aromatic carbocycles. The molecule has 0 saturated heterocycles. The van der Waals surface area contributed by atoms with Crippen LogP contribution in [0, 0.1) is 0 Å². The van der Waals surface area contributed by atoms with E-state index in [0.29, 0.717) is 0 Å². The lowest BCUT2D eigenvalue weighted by molar-refractivity contribution is 0.663. The topological polar surface area (TPSA) is 31.2 Å². The first kappa shape index (κ1) is 28.6. The molecule has 12 rings (SSSR count). The predicted molar refractivity (Wildman–Crippen MR) is 221 cm³/mol. The predicted octanol–water partition coefficient (Wildman–Crippen LogP) is 14.2. The molecule has 0 spiro atoms. The van der Waals surface area contributed by atoms with Crippen molar-refractivity contribution >= 4 is 87.2 Å². The number of rotatable bonds is 3. The maximum absolute atomic E-state index is 6.64. The molecule has 0 unspecified atom stereocenters. The van der Waals surface area contributed by atoms with Crippen molar-refractivity contribution in [3.8, 4) is 27.9 Å². The van der Waals surface area contributed by atoms with Gasteiger partial charge in [-0.2, -0.15) is 0 Å². The molecule has 0 N–H and O–H groups in total. The van der Waals surface area contributed by atoms with Crippen LogP contribution >= 0.6 is 0 Å². The highest BCUT2D eigenvalue weighted by molar-refractivity contribution is 6.28. The summed E-state index contributed by atoms with van der Waals surface area (Å²) in [6.07, 6.45) is 0. The molecule has 0 bridgehead atoms. The van der Waals surface area contributed by atoms with Gasteiger partial charge in [-0.05, 0) is 98.4 Å². The Labute approximate surface area is 303 Å². The second kappa shape index (κ2) is 10.7. The molecule has 0 aliphatic carbocycles. The van der Waals surface area contributed by atoms with Crippen LogP contribution < -0.4 is 0 Å². The van der Waals surface area contributed by atoms with Crippen LogP contribution in [-0.2, 0) is 0 Å². The van der Waals surface area contributed by atoms with Gasteiger partial charge in [-0.25, -0.2) is 0 Å². The summed E-state index contributed by atoms with van der Waals surface area (Å²) in [5.74, 6) is 0. The average Bonchev–Trinajstić information content (AvgIpc) is 3.89. The van der Waals surface area contributed by atoms with Gasteiger partial charge in [0.1, 0.15) is 22.3 Å². The maximum Gasteiger partial charge on any atom is 0.136 e. The van der Waals surface area contributed by atoms with Crippen molar-refractivity contribution in [3.05, 3.63) is 176 Å². The summed E-state index contributed by atoms with van der Waals surface area (Å²) < 4.78 is 15.3. The second-order valence-electron chi connectivity index (χ2n) is 14.0. The quantitative estimate of drug-likeness (QED) is 0.175. The van der Waals surface area contributed by atoms with Crippen molar-refractivity contribution in [1.82, 2.24) is 4.57 Å². The largest absolute Gasteiger partial charge is 0.456 e. The van der Waals surface area contributed by atoms with Crippen molar-refractivity contribution in [2.24, 2.45) is 0 Å². The van der Waals surface area contributed by atoms with Gasteiger partial charge in [0.15, 0.2) is 0 Å². The Balaban J connectivity index is 1.15. The normalized spacial score (nSPS) is 12.2. The number of hydrogen-bond acceptors (Lipinski definition) is 2. The number of benzene rings is 9. The standard InChI is InChI=1S/C50H29NO2/c1-2-13-31(14-3-1)51-40-22-10-8-19-36(40)48-39(21-12-23-41(48)51)47-34-17-6-4-15-32(34)46(33-16-5-7-18-35(33)47)30-25-26-38-45(29-30)53-44-28-27-43-49(50(38)44)37-20-9-11-24-42(37)52-43/h1-29H. The zero-order valence-corrected chi connectivity index (χ0v) is 28.5. The number of aromatic nitrogens is 1. The van der Waals surface area contributed by atoms with Crippen LogP contribution in [-0.4, -0.2) is 4.57 Å². The summed E-state index contributed by atoms with van der Waals surface area (Å²) in [4.78, 5) is 0. The maximum atomic E-state index is 6.64. The number of furan rings is 2. The monoisotopic (exact) mass is 675 g/mol. The van der Waals surface area contributed by atoms with Crippen LogP contribution in [0.15, 0.2) is 185 Å². The zero-order valence-electron chi connectivity index (χ0n) is 28.5. The molecule has 0 aliphatic heterocycles. The van der Waals surface area contributed by atoms with Gasteiger partial charge >= 0.3 is 0 Å². The van der Waals surface area contributed by atoms with Crippen LogP contribution in [0.3, 0.4) is 0 Å². The fourth-order valence-electron chi connectivity index (χ4n) is 9.05. The minimum absolute atomic E-state index is 0.865. The number of hydrogen-bond donors (Lipinski definition) is 0. The van der Waals surface area contributed by atoms with Gasteiger partial charge in [0.05, 0.1) is 11.0 Å². The van der Waals surface area contributed by atoms with E-state index in [1.54, 1.807) is 0 Å². The molecule has 0 fully saturated rings. The van der Waals surface area contributed by atoms with Crippen LogP contribution in [0.2, 0.25) is 0 Å². The molecule has 3 nitrogen and oxygen atoms in total. The van der Waals surface area contributed by atoms with Gasteiger partial charge < -0.3 is 13.4 Å². The summed E-state index contributed by atoms with van der Waals surface area (Å²) >= 11 is 0. The molecule has 246 valence electrons. The first-order valence-corrected chi connectivity index (χ1v) is 18.1. The van der Waals surface area contributed by atoms with Crippen molar-refractivity contribution < 1.29 is 8.83 Å². The molecule has 0 amide bonds. The average molecular weight is 676 g/mol. The minimum atomic E-state index is 0.865. The molecule has 0 atom stereocenters. The van der Waals surface area contributed by atoms with Crippen molar-refractivity contribution in [2.75, 3.05) is 0 Å². The van der Waals surface area contributed by atoms with E-state index >= 15 is 0 Å². The summed E-state index contributed by atoms with van der Waals surface area (Å²) in [7, 11) is 0. The van der Waals surface area contributed by atoms with Gasteiger partial charge in [-0.15, -0.1) is 0 Å². The smallest absolute Gasteiger partial charge is 0.136 e. The van der Waals surface area contributed by atoms with Gasteiger partial charge in [-0.1, -0.05) is 121 Å². The molecule has 12 aromatic rings. The molecule has 0 radical (unpaired) electrons. The zero-order chi connectivity index (χ0) is 34.6. The van der Waals surface area contributed by atoms with Crippen LogP contribution in [0.5, 0.6) is 0 Å². The van der Waals surface area contributed by atoms with E-state index in [1.807, 2.05) is 24.3 Å². The van der Waals surface area contributed by atoms with E-state index < -0.39 is 0 Å². The number of fused-ring (bicyclic) bond motifs is 12. The van der Waals surface area contributed by atoms with E-state index in [9.17, 15) is 0 Å². The molecule has 0 saturated carbocycles. The Bertz CT molecular complexity index is 3390. The molecule has 53 heavy (non-hydrogen) atoms. The lowest BCUT2D eigenvalue weighted by Crippen LogP contribution is -1.93. The van der Waals surface area contributed by atoms with Crippen molar-refractivity contribution in [3.63, 3.8) is 0 Å². The van der Waals surface area contributed by atoms with Gasteiger partial charge in [0.25, 0.3) is 0 Å². The highest BCUT2D eigenvalue weighted by Gasteiger charge is 2.22. The summed E-state index contributed by atoms with van der Waals surface area (Å²) in [6.45, 7) is 0. The fraction of sp³-hybridized carbons (Fsp3) is 0. The summed E-state index contributed by atoms with van der Waals surface area (Å²) in [5.41, 5.74) is 11.9. The third-order valence-electron chi connectivity index (χ3n) is 11.2. The lowest BCUT2D eigenvalue weighted by Gasteiger charge is -2.18. The lowest BCUT2D eigenvalue weighted by atomic mass is 9.85. The first-order chi connectivity index (χ1) is 26.3. The molecule has 3 aromatic heterocycles. The Kier molecular flexibility index (Phi) is 5.77. The Morgan fingerprint density at radius 3 is 1.58 bits per heavy atom. The van der Waals surface area contributed by atoms with E-state index in [4.69, 9.17) is 8.83 Å². The van der Waals surface area contributed by atoms with Crippen LogP contribution in [0.4, 0.5) is 0 Å².